The molecule has 264 valence electrons. The highest BCUT2D eigenvalue weighted by Crippen LogP contribution is 2.53. The summed E-state index contributed by atoms with van der Waals surface area (Å²) < 4.78 is 6.70. The molecular weight excluding hydrogens is 685 g/mol. The van der Waals surface area contributed by atoms with Gasteiger partial charge in [0.1, 0.15) is 11.3 Å². The molecule has 1 aliphatic heterocycles. The molecule has 11 rings (SSSR count). The van der Waals surface area contributed by atoms with E-state index in [1.165, 1.54) is 22.5 Å². The second kappa shape index (κ2) is 13.2. The van der Waals surface area contributed by atoms with E-state index in [9.17, 15) is 0 Å². The Morgan fingerprint density at radius 2 is 0.964 bits per heavy atom. The number of hydrogen-bond acceptors (Lipinski definition) is 5. The van der Waals surface area contributed by atoms with Crippen molar-refractivity contribution in [2.45, 2.75) is 12.0 Å². The fourth-order valence-corrected chi connectivity index (χ4v) is 8.49. The Labute approximate surface area is 324 Å². The van der Waals surface area contributed by atoms with Crippen LogP contribution in [0.25, 0.3) is 73.5 Å². The van der Waals surface area contributed by atoms with Crippen molar-refractivity contribution in [3.63, 3.8) is 0 Å². The predicted octanol–water partition coefficient (Wildman–Crippen LogP) is 12.6. The molecule has 5 heteroatoms. The normalized spacial score (nSPS) is 15.4. The molecule has 2 aromatic heterocycles. The van der Waals surface area contributed by atoms with Crippen molar-refractivity contribution >= 4 is 28.4 Å². The highest BCUT2D eigenvalue weighted by Gasteiger charge is 2.43. The number of para-hydroxylation sites is 2. The molecule has 0 N–H and O–H groups in total. The lowest BCUT2D eigenvalue weighted by molar-refractivity contribution is 0.584. The molecule has 0 saturated heterocycles. The van der Waals surface area contributed by atoms with Gasteiger partial charge >= 0.3 is 0 Å². The summed E-state index contributed by atoms with van der Waals surface area (Å²) in [6.45, 7) is 0. The number of aromatic nitrogens is 3. The van der Waals surface area contributed by atoms with Crippen molar-refractivity contribution in [2.24, 2.45) is 0 Å². The van der Waals surface area contributed by atoms with Gasteiger partial charge in [0.25, 0.3) is 0 Å². The number of furan rings is 1. The Hall–Kier alpha value is -7.37. The molecule has 2 atom stereocenters. The Morgan fingerprint density at radius 3 is 1.59 bits per heavy atom. The fourth-order valence-electron chi connectivity index (χ4n) is 8.49. The molecule has 3 heterocycles. The largest absolute Gasteiger partial charge is 0.456 e. The molecule has 1 aliphatic carbocycles. The third-order valence-corrected chi connectivity index (χ3v) is 11.1. The maximum absolute atomic E-state index is 6.70. The Balaban J connectivity index is 1.04. The first-order valence-corrected chi connectivity index (χ1v) is 19.0. The SMILES string of the molecule is C1=CC2C(c3ccccc3N2c2ccccc2)c2c1oc1cc(-c3nc(-c4cccc(-c5ccccc5)c4)nc(-c4cccc(-c5ccccc5)c4)n3)ccc21. The van der Waals surface area contributed by atoms with Gasteiger partial charge < -0.3 is 9.32 Å². The van der Waals surface area contributed by atoms with Gasteiger partial charge in [0.2, 0.25) is 0 Å². The number of hydrogen-bond donors (Lipinski definition) is 0. The molecule has 7 aromatic carbocycles. The molecule has 0 radical (unpaired) electrons. The number of fused-ring (bicyclic) bond motifs is 7. The lowest BCUT2D eigenvalue weighted by atomic mass is 9.82. The smallest absolute Gasteiger partial charge is 0.164 e. The summed E-state index contributed by atoms with van der Waals surface area (Å²) in [6, 6.07) is 63.6. The highest BCUT2D eigenvalue weighted by atomic mass is 16.3. The van der Waals surface area contributed by atoms with Crippen molar-refractivity contribution in [1.82, 2.24) is 15.0 Å². The van der Waals surface area contributed by atoms with Crippen LogP contribution in [0.3, 0.4) is 0 Å². The molecule has 0 bridgehead atoms. The number of nitrogens with zero attached hydrogens (tertiary/aromatic N) is 4. The summed E-state index contributed by atoms with van der Waals surface area (Å²) in [4.78, 5) is 17.9. The zero-order chi connectivity index (χ0) is 37.0. The minimum atomic E-state index is 0.127. The van der Waals surface area contributed by atoms with Crippen LogP contribution in [0.1, 0.15) is 22.8 Å². The number of rotatable bonds is 6. The van der Waals surface area contributed by atoms with E-state index in [1.807, 2.05) is 12.1 Å². The first-order chi connectivity index (χ1) is 27.7. The van der Waals surface area contributed by atoms with E-state index < -0.39 is 0 Å². The van der Waals surface area contributed by atoms with Crippen molar-refractivity contribution in [3.05, 3.63) is 205 Å². The van der Waals surface area contributed by atoms with Crippen LogP contribution < -0.4 is 4.90 Å². The number of anilines is 2. The first kappa shape index (κ1) is 32.1. The summed E-state index contributed by atoms with van der Waals surface area (Å²) in [6.07, 6.45) is 4.44. The van der Waals surface area contributed by atoms with Crippen LogP contribution >= 0.6 is 0 Å². The van der Waals surface area contributed by atoms with Gasteiger partial charge in [-0.3, -0.25) is 0 Å². The van der Waals surface area contributed by atoms with Crippen LogP contribution in [-0.2, 0) is 0 Å². The van der Waals surface area contributed by atoms with Gasteiger partial charge in [0.05, 0.1) is 6.04 Å². The fraction of sp³-hybridized carbons (Fsp3) is 0.0392. The van der Waals surface area contributed by atoms with Gasteiger partial charge in [-0.2, -0.15) is 0 Å². The molecular formula is C51H34N4O. The van der Waals surface area contributed by atoms with Gasteiger partial charge in [-0.15, -0.1) is 0 Å². The van der Waals surface area contributed by atoms with Crippen LogP contribution in [0.15, 0.2) is 192 Å². The van der Waals surface area contributed by atoms with E-state index in [-0.39, 0.29) is 12.0 Å². The highest BCUT2D eigenvalue weighted by molar-refractivity contribution is 5.92. The average Bonchev–Trinajstić information content (AvgIpc) is 3.82. The predicted molar refractivity (Wildman–Crippen MR) is 226 cm³/mol. The lowest BCUT2D eigenvalue weighted by Crippen LogP contribution is -2.30. The van der Waals surface area contributed by atoms with Crippen molar-refractivity contribution in [3.8, 4) is 56.4 Å². The summed E-state index contributed by atoms with van der Waals surface area (Å²) in [5.41, 5.74) is 12.9. The van der Waals surface area contributed by atoms with Gasteiger partial charge in [-0.05, 0) is 70.3 Å². The second-order valence-corrected chi connectivity index (χ2v) is 14.4. The van der Waals surface area contributed by atoms with E-state index in [4.69, 9.17) is 19.4 Å². The van der Waals surface area contributed by atoms with Gasteiger partial charge in [0.15, 0.2) is 17.5 Å². The Bertz CT molecular complexity index is 2830. The molecule has 2 aliphatic rings. The van der Waals surface area contributed by atoms with E-state index in [1.54, 1.807) is 0 Å². The molecule has 5 nitrogen and oxygen atoms in total. The quantitative estimate of drug-likeness (QED) is 0.171. The summed E-state index contributed by atoms with van der Waals surface area (Å²) in [5, 5.41) is 1.11. The molecule has 0 amide bonds. The minimum absolute atomic E-state index is 0.127. The van der Waals surface area contributed by atoms with Crippen LogP contribution in [0.2, 0.25) is 0 Å². The molecule has 0 fully saturated rings. The topological polar surface area (TPSA) is 55.1 Å². The second-order valence-electron chi connectivity index (χ2n) is 14.4. The molecule has 9 aromatic rings. The number of benzene rings is 7. The summed E-state index contributed by atoms with van der Waals surface area (Å²) in [5.74, 6) is 2.84. The Morgan fingerprint density at radius 1 is 0.446 bits per heavy atom. The standard InChI is InChI=1S/C51H34N4O/c1-4-14-33(15-5-1)35-18-12-20-37(30-35)49-52-50(38-21-13-19-36(31-38)34-16-6-2-7-17-34)54-51(53-49)39-26-27-42-46(32-39)56-45-29-28-44-47(48(42)45)41-24-10-11-25-43(41)55(44)40-22-8-3-9-23-40/h1-32,44,47H. The molecule has 2 unspecified atom stereocenters. The summed E-state index contributed by atoms with van der Waals surface area (Å²) >= 11 is 0. The maximum atomic E-state index is 6.70. The molecule has 0 saturated carbocycles. The monoisotopic (exact) mass is 718 g/mol. The van der Waals surface area contributed by atoms with Crippen LogP contribution in [-0.4, -0.2) is 21.0 Å². The van der Waals surface area contributed by atoms with Gasteiger partial charge in [-0.1, -0.05) is 152 Å². The van der Waals surface area contributed by atoms with Crippen molar-refractivity contribution in [1.29, 1.82) is 0 Å². The van der Waals surface area contributed by atoms with Crippen molar-refractivity contribution < 1.29 is 4.42 Å². The summed E-state index contributed by atoms with van der Waals surface area (Å²) in [7, 11) is 0. The zero-order valence-corrected chi connectivity index (χ0v) is 30.3. The van der Waals surface area contributed by atoms with Crippen LogP contribution in [0.4, 0.5) is 11.4 Å². The zero-order valence-electron chi connectivity index (χ0n) is 30.3. The minimum Gasteiger partial charge on any atom is -0.456 e. The van der Waals surface area contributed by atoms with Gasteiger partial charge in [-0.25, -0.2) is 15.0 Å². The third kappa shape index (κ3) is 5.44. The van der Waals surface area contributed by atoms with Crippen LogP contribution in [0, 0.1) is 0 Å². The average molecular weight is 719 g/mol. The van der Waals surface area contributed by atoms with Crippen LogP contribution in [0.5, 0.6) is 0 Å². The third-order valence-electron chi connectivity index (χ3n) is 11.1. The van der Waals surface area contributed by atoms with E-state index >= 15 is 0 Å². The molecule has 0 spiro atoms. The van der Waals surface area contributed by atoms with Gasteiger partial charge in [0, 0.05) is 44.9 Å². The first-order valence-electron chi connectivity index (χ1n) is 19.0. The van der Waals surface area contributed by atoms with E-state index in [2.05, 4.69) is 187 Å². The van der Waals surface area contributed by atoms with E-state index in [0.29, 0.717) is 17.5 Å². The molecule has 56 heavy (non-hydrogen) atoms. The maximum Gasteiger partial charge on any atom is 0.164 e. The van der Waals surface area contributed by atoms with Crippen molar-refractivity contribution in [2.75, 3.05) is 4.90 Å². The lowest BCUT2D eigenvalue weighted by Gasteiger charge is -2.30. The Kier molecular flexibility index (Phi) is 7.56. The van der Waals surface area contributed by atoms with E-state index in [0.717, 1.165) is 55.7 Å².